The Hall–Kier alpha value is -1.55. The molecule has 1 aromatic carbocycles. The minimum Gasteiger partial charge on any atom is -0.478 e. The Labute approximate surface area is 103 Å². The second-order valence-electron chi connectivity index (χ2n) is 3.02. The Morgan fingerprint density at radius 1 is 1.47 bits per heavy atom. The van der Waals surface area contributed by atoms with E-state index in [0.717, 1.165) is 0 Å². The Bertz CT molecular complexity index is 457. The van der Waals surface area contributed by atoms with Gasteiger partial charge in [-0.2, -0.15) is 4.39 Å². The van der Waals surface area contributed by atoms with Crippen LogP contribution in [-0.4, -0.2) is 17.4 Å². The summed E-state index contributed by atoms with van der Waals surface area (Å²) in [5.74, 6) is -1.05. The van der Waals surface area contributed by atoms with Crippen LogP contribution >= 0.6 is 11.6 Å². The van der Waals surface area contributed by atoms with E-state index in [9.17, 15) is 9.18 Å². The van der Waals surface area contributed by atoms with E-state index in [-0.39, 0.29) is 5.75 Å². The minimum absolute atomic E-state index is 0.289. The third-order valence-electron chi connectivity index (χ3n) is 2.00. The molecule has 0 amide bonds. The third kappa shape index (κ3) is 2.97. The topological polar surface area (TPSA) is 46.5 Å². The van der Waals surface area contributed by atoms with Gasteiger partial charge in [0.05, 0.1) is 0 Å². The molecule has 0 aliphatic carbocycles. The first kappa shape index (κ1) is 13.5. The number of alkyl halides is 1. The fourth-order valence-corrected chi connectivity index (χ4v) is 1.49. The van der Waals surface area contributed by atoms with Crippen molar-refractivity contribution in [3.05, 3.63) is 34.4 Å². The van der Waals surface area contributed by atoms with Crippen LogP contribution in [0.2, 0.25) is 5.02 Å². The summed E-state index contributed by atoms with van der Waals surface area (Å²) in [4.78, 5) is 10.6. The lowest BCUT2D eigenvalue weighted by Gasteiger charge is -2.19. The highest BCUT2D eigenvalue weighted by Gasteiger charge is 2.26. The molecule has 0 saturated heterocycles. The zero-order valence-corrected chi connectivity index (χ0v) is 10.2. The number of carboxylic acids is 1. The van der Waals surface area contributed by atoms with E-state index in [2.05, 4.69) is 0 Å². The van der Waals surface area contributed by atoms with E-state index >= 15 is 0 Å². The van der Waals surface area contributed by atoms with Gasteiger partial charge in [-0.1, -0.05) is 25.4 Å². The molecule has 1 aliphatic rings. The zero-order valence-electron chi connectivity index (χ0n) is 9.41. The molecule has 3 nitrogen and oxygen atoms in total. The van der Waals surface area contributed by atoms with E-state index in [0.29, 0.717) is 10.6 Å². The highest BCUT2D eigenvalue weighted by Crippen LogP contribution is 2.32. The second kappa shape index (κ2) is 5.68. The van der Waals surface area contributed by atoms with Crippen LogP contribution in [0.1, 0.15) is 19.4 Å². The predicted octanol–water partition coefficient (Wildman–Crippen LogP) is 3.52. The molecule has 17 heavy (non-hydrogen) atoms. The molecule has 5 heteroatoms. The number of fused-ring (bicyclic) bond motifs is 1. The van der Waals surface area contributed by atoms with Crippen molar-refractivity contribution in [1.29, 1.82) is 0 Å². The first-order chi connectivity index (χ1) is 8.08. The summed E-state index contributed by atoms with van der Waals surface area (Å²) in [5.41, 5.74) is 0.0403. The summed E-state index contributed by atoms with van der Waals surface area (Å²) in [6, 6.07) is 4.57. The lowest BCUT2D eigenvalue weighted by atomic mass is 10.1. The van der Waals surface area contributed by atoms with Crippen molar-refractivity contribution in [2.24, 2.45) is 0 Å². The van der Waals surface area contributed by atoms with Gasteiger partial charge in [-0.3, -0.25) is 0 Å². The molecular weight excluding hydrogens is 247 g/mol. The lowest BCUT2D eigenvalue weighted by Crippen LogP contribution is -2.22. The van der Waals surface area contributed by atoms with Gasteiger partial charge in [-0.05, 0) is 24.3 Å². The predicted molar refractivity (Wildman–Crippen MR) is 63.9 cm³/mol. The summed E-state index contributed by atoms with van der Waals surface area (Å²) < 4.78 is 18.0. The number of carbonyl (C=O) groups is 1. The largest absolute Gasteiger partial charge is 0.478 e. The number of rotatable bonds is 1. The van der Waals surface area contributed by atoms with Crippen LogP contribution in [0.15, 0.2) is 23.8 Å². The SMILES string of the molecule is CC.O=C(O)C1=Cc2cc(Cl)ccc2OC1F. The summed E-state index contributed by atoms with van der Waals surface area (Å²) in [6.07, 6.45) is -0.714. The molecule has 0 bridgehead atoms. The highest BCUT2D eigenvalue weighted by molar-refractivity contribution is 6.30. The van der Waals surface area contributed by atoms with Crippen LogP contribution in [0.25, 0.3) is 6.08 Å². The van der Waals surface area contributed by atoms with Crippen molar-refractivity contribution < 1.29 is 19.0 Å². The quantitative estimate of drug-likeness (QED) is 0.838. The molecule has 1 heterocycles. The van der Waals surface area contributed by atoms with Crippen molar-refractivity contribution in [3.8, 4) is 5.75 Å². The van der Waals surface area contributed by atoms with Gasteiger partial charge in [0.25, 0.3) is 6.36 Å². The standard InChI is InChI=1S/C10H6ClFO3.C2H6/c11-6-1-2-8-5(3-6)4-7(10(13)14)9(12)15-8;1-2/h1-4,9H,(H,13,14);1-2H3. The van der Waals surface area contributed by atoms with Gasteiger partial charge < -0.3 is 9.84 Å². The number of carboxylic acid groups (broad SMARTS) is 1. The number of aliphatic carboxylic acids is 1. The number of halogens is 2. The van der Waals surface area contributed by atoms with Crippen LogP contribution in [0, 0.1) is 0 Å². The molecule has 1 aliphatic heterocycles. The second-order valence-corrected chi connectivity index (χ2v) is 3.46. The van der Waals surface area contributed by atoms with Gasteiger partial charge >= 0.3 is 5.97 Å². The average molecular weight is 259 g/mol. The van der Waals surface area contributed by atoms with E-state index in [1.54, 1.807) is 6.07 Å². The monoisotopic (exact) mass is 258 g/mol. The number of benzene rings is 1. The van der Waals surface area contributed by atoms with Crippen LogP contribution < -0.4 is 4.74 Å². The highest BCUT2D eigenvalue weighted by atomic mass is 35.5. The van der Waals surface area contributed by atoms with Gasteiger partial charge in [0.15, 0.2) is 0 Å². The van der Waals surface area contributed by atoms with Gasteiger partial charge in [0.1, 0.15) is 11.3 Å². The Kier molecular flexibility index (Phi) is 4.52. The van der Waals surface area contributed by atoms with Crippen molar-refractivity contribution in [1.82, 2.24) is 0 Å². The molecule has 0 spiro atoms. The molecule has 1 aromatic rings. The van der Waals surface area contributed by atoms with Gasteiger partial charge in [-0.15, -0.1) is 0 Å². The number of hydrogen-bond acceptors (Lipinski definition) is 2. The molecule has 92 valence electrons. The first-order valence-corrected chi connectivity index (χ1v) is 5.51. The molecule has 1 atom stereocenters. The van der Waals surface area contributed by atoms with Gasteiger partial charge in [0.2, 0.25) is 0 Å². The van der Waals surface area contributed by atoms with E-state index in [1.807, 2.05) is 13.8 Å². The summed E-state index contributed by atoms with van der Waals surface area (Å²) >= 11 is 5.71. The maximum Gasteiger partial charge on any atom is 0.338 e. The Morgan fingerprint density at radius 2 is 2.12 bits per heavy atom. The zero-order chi connectivity index (χ0) is 13.0. The van der Waals surface area contributed by atoms with E-state index < -0.39 is 17.9 Å². The molecule has 0 aromatic heterocycles. The van der Waals surface area contributed by atoms with Crippen molar-refractivity contribution in [2.45, 2.75) is 20.2 Å². The molecule has 0 fully saturated rings. The van der Waals surface area contributed by atoms with Crippen LogP contribution in [0.4, 0.5) is 4.39 Å². The Balaban J connectivity index is 0.000000686. The Morgan fingerprint density at radius 3 is 2.71 bits per heavy atom. The van der Waals surface area contributed by atoms with E-state index in [4.69, 9.17) is 21.4 Å². The fraction of sp³-hybridized carbons (Fsp3) is 0.250. The van der Waals surface area contributed by atoms with E-state index in [1.165, 1.54) is 18.2 Å². The maximum atomic E-state index is 13.2. The minimum atomic E-state index is -1.93. The molecule has 2 rings (SSSR count). The number of hydrogen-bond donors (Lipinski definition) is 1. The lowest BCUT2D eigenvalue weighted by molar-refractivity contribution is -0.134. The normalized spacial score (nSPS) is 16.9. The fourth-order valence-electron chi connectivity index (χ4n) is 1.31. The van der Waals surface area contributed by atoms with Crippen LogP contribution in [0.3, 0.4) is 0 Å². The van der Waals surface area contributed by atoms with Crippen molar-refractivity contribution >= 4 is 23.6 Å². The van der Waals surface area contributed by atoms with Crippen molar-refractivity contribution in [3.63, 3.8) is 0 Å². The van der Waals surface area contributed by atoms with Crippen molar-refractivity contribution in [2.75, 3.05) is 0 Å². The average Bonchev–Trinajstić information content (AvgIpc) is 2.31. The summed E-state index contributed by atoms with van der Waals surface area (Å²) in [7, 11) is 0. The molecule has 0 radical (unpaired) electrons. The molecule has 0 saturated carbocycles. The first-order valence-electron chi connectivity index (χ1n) is 5.13. The summed E-state index contributed by atoms with van der Waals surface area (Å²) in [5, 5.41) is 9.12. The third-order valence-corrected chi connectivity index (χ3v) is 2.24. The van der Waals surface area contributed by atoms with Gasteiger partial charge in [-0.25, -0.2) is 4.79 Å². The maximum absolute atomic E-state index is 13.2. The van der Waals surface area contributed by atoms with Crippen LogP contribution in [0.5, 0.6) is 5.75 Å². The summed E-state index contributed by atoms with van der Waals surface area (Å²) in [6.45, 7) is 4.00. The molecule has 1 unspecified atom stereocenters. The van der Waals surface area contributed by atoms with Gasteiger partial charge in [0, 0.05) is 10.6 Å². The molecular formula is C12H12ClFO3. The number of ether oxygens (including phenoxy) is 1. The smallest absolute Gasteiger partial charge is 0.338 e. The van der Waals surface area contributed by atoms with Crippen LogP contribution in [-0.2, 0) is 4.79 Å². The molecule has 1 N–H and O–H groups in total.